The van der Waals surface area contributed by atoms with Crippen LogP contribution in [0.2, 0.25) is 5.02 Å². The van der Waals surface area contributed by atoms with E-state index >= 15 is 0 Å². The summed E-state index contributed by atoms with van der Waals surface area (Å²) in [5.74, 6) is -0.126. The van der Waals surface area contributed by atoms with Crippen LogP contribution in [0.15, 0.2) is 54.7 Å². The Bertz CT molecular complexity index is 1310. The number of halogens is 1. The molecule has 0 radical (unpaired) electrons. The summed E-state index contributed by atoms with van der Waals surface area (Å²) in [5, 5.41) is 8.45. The SMILES string of the molecule is Cc1nc2c(C(=O)N[C@H]3CCCc4ccccc43)cnn2c(C)c1Cc1ccc(Cl)cc1. The van der Waals surface area contributed by atoms with Gasteiger partial charge in [-0.15, -0.1) is 0 Å². The zero-order chi connectivity index (χ0) is 22.2. The average molecular weight is 445 g/mol. The van der Waals surface area contributed by atoms with E-state index in [2.05, 4.69) is 28.6 Å². The first-order valence-electron chi connectivity index (χ1n) is 11.0. The Balaban J connectivity index is 1.45. The molecule has 1 N–H and O–H groups in total. The van der Waals surface area contributed by atoms with Crippen LogP contribution < -0.4 is 5.32 Å². The normalized spacial score (nSPS) is 15.5. The summed E-state index contributed by atoms with van der Waals surface area (Å²) in [6.45, 7) is 4.02. The van der Waals surface area contributed by atoms with Gasteiger partial charge in [0.25, 0.3) is 5.91 Å². The Kier molecular flexibility index (Phi) is 5.43. The van der Waals surface area contributed by atoms with Crippen LogP contribution in [0.1, 0.15) is 62.9 Å². The number of benzene rings is 2. The molecule has 1 aliphatic rings. The van der Waals surface area contributed by atoms with Gasteiger partial charge in [-0.3, -0.25) is 4.79 Å². The molecule has 0 saturated heterocycles. The minimum atomic E-state index is -0.126. The van der Waals surface area contributed by atoms with Crippen LogP contribution in [0.5, 0.6) is 0 Å². The number of aryl methyl sites for hydroxylation is 3. The Morgan fingerprint density at radius 2 is 1.94 bits per heavy atom. The van der Waals surface area contributed by atoms with Gasteiger partial charge >= 0.3 is 0 Å². The number of aromatic nitrogens is 3. The molecule has 0 saturated carbocycles. The summed E-state index contributed by atoms with van der Waals surface area (Å²) in [4.78, 5) is 18.0. The van der Waals surface area contributed by atoms with Crippen molar-refractivity contribution in [3.63, 3.8) is 0 Å². The Hall–Kier alpha value is -3.18. The number of nitrogens with zero attached hydrogens (tertiary/aromatic N) is 3. The van der Waals surface area contributed by atoms with Gasteiger partial charge in [0, 0.05) is 22.8 Å². The highest BCUT2D eigenvalue weighted by Crippen LogP contribution is 2.30. The molecule has 0 bridgehead atoms. The van der Waals surface area contributed by atoms with Crippen molar-refractivity contribution in [2.45, 2.75) is 45.6 Å². The quantitative estimate of drug-likeness (QED) is 0.458. The number of carbonyl (C=O) groups excluding carboxylic acids is 1. The van der Waals surface area contributed by atoms with Crippen LogP contribution >= 0.6 is 11.6 Å². The third-order valence-electron chi connectivity index (χ3n) is 6.42. The van der Waals surface area contributed by atoms with Gasteiger partial charge < -0.3 is 5.32 Å². The molecule has 5 nitrogen and oxygen atoms in total. The third kappa shape index (κ3) is 3.78. The van der Waals surface area contributed by atoms with E-state index in [0.717, 1.165) is 53.2 Å². The summed E-state index contributed by atoms with van der Waals surface area (Å²) in [6.07, 6.45) is 5.44. The van der Waals surface area contributed by atoms with Gasteiger partial charge in [0.05, 0.1) is 12.2 Å². The highest BCUT2D eigenvalue weighted by atomic mass is 35.5. The topological polar surface area (TPSA) is 59.3 Å². The largest absolute Gasteiger partial charge is 0.345 e. The van der Waals surface area contributed by atoms with Crippen LogP contribution in [-0.4, -0.2) is 20.5 Å². The smallest absolute Gasteiger partial charge is 0.257 e. The van der Waals surface area contributed by atoms with E-state index in [0.29, 0.717) is 11.2 Å². The lowest BCUT2D eigenvalue weighted by molar-refractivity contribution is 0.0934. The van der Waals surface area contributed by atoms with Crippen LogP contribution in [0.25, 0.3) is 5.65 Å². The lowest BCUT2D eigenvalue weighted by Crippen LogP contribution is -2.31. The number of amides is 1. The number of carbonyl (C=O) groups is 1. The standard InChI is InChI=1S/C26H25ClN4O/c1-16-22(14-18-10-12-20(27)13-11-18)17(2)31-25(29-16)23(15-28-31)26(32)30-24-9-5-7-19-6-3-4-8-21(19)24/h3-4,6,8,10-13,15,24H,5,7,9,14H2,1-2H3,(H,30,32)/t24-/m0/s1. The molecule has 0 unspecified atom stereocenters. The van der Waals surface area contributed by atoms with Crippen LogP contribution in [0, 0.1) is 13.8 Å². The van der Waals surface area contributed by atoms with Crippen LogP contribution in [-0.2, 0) is 12.8 Å². The van der Waals surface area contributed by atoms with Gasteiger partial charge in [-0.1, -0.05) is 48.0 Å². The molecule has 5 rings (SSSR count). The first-order valence-corrected chi connectivity index (χ1v) is 11.4. The van der Waals surface area contributed by atoms with Gasteiger partial charge in [0.1, 0.15) is 5.56 Å². The molecular formula is C26H25ClN4O. The number of hydrogen-bond acceptors (Lipinski definition) is 3. The predicted octanol–water partition coefficient (Wildman–Crippen LogP) is 5.40. The maximum atomic E-state index is 13.2. The molecule has 162 valence electrons. The van der Waals surface area contributed by atoms with E-state index in [1.807, 2.05) is 44.2 Å². The Morgan fingerprint density at radius 3 is 2.75 bits per heavy atom. The second kappa shape index (κ2) is 8.40. The number of nitrogens with one attached hydrogen (secondary N) is 1. The van der Waals surface area contributed by atoms with Crippen LogP contribution in [0.4, 0.5) is 0 Å². The highest BCUT2D eigenvalue weighted by molar-refractivity contribution is 6.30. The summed E-state index contributed by atoms with van der Waals surface area (Å²) in [6, 6.07) is 16.2. The van der Waals surface area contributed by atoms with Crippen molar-refractivity contribution < 1.29 is 4.79 Å². The van der Waals surface area contributed by atoms with Gasteiger partial charge in [0.15, 0.2) is 5.65 Å². The maximum Gasteiger partial charge on any atom is 0.257 e. The number of hydrogen-bond donors (Lipinski definition) is 1. The Morgan fingerprint density at radius 1 is 1.16 bits per heavy atom. The fourth-order valence-corrected chi connectivity index (χ4v) is 4.80. The second-order valence-electron chi connectivity index (χ2n) is 8.48. The van der Waals surface area contributed by atoms with Gasteiger partial charge in [-0.2, -0.15) is 5.10 Å². The van der Waals surface area contributed by atoms with Crippen molar-refractivity contribution in [1.82, 2.24) is 19.9 Å². The highest BCUT2D eigenvalue weighted by Gasteiger charge is 2.24. The van der Waals surface area contributed by atoms with Gasteiger partial charge in [-0.25, -0.2) is 9.50 Å². The van der Waals surface area contributed by atoms with Crippen molar-refractivity contribution in [1.29, 1.82) is 0 Å². The molecule has 6 heteroatoms. The molecule has 4 aromatic rings. The molecule has 0 spiro atoms. The minimum Gasteiger partial charge on any atom is -0.345 e. The maximum absolute atomic E-state index is 13.2. The van der Waals surface area contributed by atoms with Crippen molar-refractivity contribution >= 4 is 23.2 Å². The zero-order valence-corrected chi connectivity index (χ0v) is 19.0. The molecule has 1 aliphatic carbocycles. The molecule has 1 amide bonds. The van der Waals surface area contributed by atoms with Crippen molar-refractivity contribution in [2.75, 3.05) is 0 Å². The summed E-state index contributed by atoms with van der Waals surface area (Å²) in [7, 11) is 0. The van der Waals surface area contributed by atoms with Gasteiger partial charge in [-0.05, 0) is 67.5 Å². The fourth-order valence-electron chi connectivity index (χ4n) is 4.67. The minimum absolute atomic E-state index is 0.0220. The fraction of sp³-hybridized carbons (Fsp3) is 0.269. The Labute approximate surface area is 192 Å². The van der Waals surface area contributed by atoms with E-state index in [-0.39, 0.29) is 11.9 Å². The van der Waals surface area contributed by atoms with E-state index in [1.165, 1.54) is 11.1 Å². The molecule has 2 heterocycles. The number of rotatable bonds is 4. The zero-order valence-electron chi connectivity index (χ0n) is 18.2. The van der Waals surface area contributed by atoms with E-state index < -0.39 is 0 Å². The molecule has 2 aromatic carbocycles. The van der Waals surface area contributed by atoms with E-state index in [9.17, 15) is 4.79 Å². The molecule has 1 atom stereocenters. The summed E-state index contributed by atoms with van der Waals surface area (Å²) in [5.41, 5.74) is 7.81. The monoisotopic (exact) mass is 444 g/mol. The van der Waals surface area contributed by atoms with Crippen LogP contribution in [0.3, 0.4) is 0 Å². The van der Waals surface area contributed by atoms with Crippen molar-refractivity contribution in [2.24, 2.45) is 0 Å². The second-order valence-corrected chi connectivity index (χ2v) is 8.91. The lowest BCUT2D eigenvalue weighted by Gasteiger charge is -2.26. The molecular weight excluding hydrogens is 420 g/mol. The van der Waals surface area contributed by atoms with Gasteiger partial charge in [0.2, 0.25) is 0 Å². The molecule has 32 heavy (non-hydrogen) atoms. The average Bonchev–Trinajstić information content (AvgIpc) is 3.22. The number of fused-ring (bicyclic) bond motifs is 2. The molecule has 0 aliphatic heterocycles. The van der Waals surface area contributed by atoms with Crippen molar-refractivity contribution in [3.8, 4) is 0 Å². The van der Waals surface area contributed by atoms with E-state index in [1.54, 1.807) is 10.7 Å². The molecule has 2 aromatic heterocycles. The summed E-state index contributed by atoms with van der Waals surface area (Å²) < 4.78 is 1.78. The van der Waals surface area contributed by atoms with E-state index in [4.69, 9.17) is 16.6 Å². The van der Waals surface area contributed by atoms with Crippen molar-refractivity contribution in [3.05, 3.63) is 99.0 Å². The first kappa shape index (κ1) is 20.7. The summed E-state index contributed by atoms with van der Waals surface area (Å²) >= 11 is 6.02. The lowest BCUT2D eigenvalue weighted by atomic mass is 9.87. The molecule has 0 fully saturated rings. The first-order chi connectivity index (χ1) is 15.5. The predicted molar refractivity (Wildman–Crippen MR) is 126 cm³/mol. The third-order valence-corrected chi connectivity index (χ3v) is 6.67.